The summed E-state index contributed by atoms with van der Waals surface area (Å²) in [5.74, 6) is 0.153. The van der Waals surface area contributed by atoms with Gasteiger partial charge >= 0.3 is 5.97 Å². The third kappa shape index (κ3) is 5.22. The highest BCUT2D eigenvalue weighted by molar-refractivity contribution is 6.00. The van der Waals surface area contributed by atoms with Gasteiger partial charge in [-0.25, -0.2) is 4.79 Å². The number of carbonyl (C=O) groups excluding carboxylic acids is 2. The van der Waals surface area contributed by atoms with Crippen molar-refractivity contribution in [2.75, 3.05) is 20.8 Å². The number of hydrogen-bond donors (Lipinski definition) is 0. The average molecular weight is 369 g/mol. The smallest absolute Gasteiger partial charge is 0.347 e. The van der Waals surface area contributed by atoms with Crippen molar-refractivity contribution in [1.29, 1.82) is 5.26 Å². The molecule has 2 aromatic rings. The Morgan fingerprint density at radius 3 is 2.30 bits per heavy atom. The molecule has 7 heteroatoms. The number of rotatable bonds is 8. The molecule has 27 heavy (non-hydrogen) atoms. The zero-order chi connectivity index (χ0) is 19.8. The van der Waals surface area contributed by atoms with Crippen LogP contribution in [-0.4, -0.2) is 38.7 Å². The highest BCUT2D eigenvalue weighted by Crippen LogP contribution is 2.24. The molecule has 140 valence electrons. The number of ketones is 1. The second-order valence-electron chi connectivity index (χ2n) is 5.49. The number of esters is 1. The van der Waals surface area contributed by atoms with Gasteiger partial charge in [0.25, 0.3) is 0 Å². The summed E-state index contributed by atoms with van der Waals surface area (Å²) in [5.41, 5.74) is 0.737. The first-order valence-electron chi connectivity index (χ1n) is 8.07. The molecule has 0 fully saturated rings. The minimum atomic E-state index is -0.919. The Kier molecular flexibility index (Phi) is 6.78. The topological polar surface area (TPSA) is 94.8 Å². The van der Waals surface area contributed by atoms with E-state index in [4.69, 9.17) is 24.2 Å². The summed E-state index contributed by atoms with van der Waals surface area (Å²) >= 11 is 0. The molecule has 0 saturated heterocycles. The molecule has 0 amide bonds. The van der Waals surface area contributed by atoms with E-state index >= 15 is 0 Å². The van der Waals surface area contributed by atoms with E-state index < -0.39 is 24.5 Å². The average Bonchev–Trinajstić information content (AvgIpc) is 2.71. The number of nitriles is 1. The molecule has 0 aliphatic carbocycles. The summed E-state index contributed by atoms with van der Waals surface area (Å²) in [6.07, 6.45) is -0.919. The molecule has 0 bridgehead atoms. The number of Topliss-reactive ketones (excluding diaryl/α,β-unsaturated/α-hetero) is 1. The summed E-state index contributed by atoms with van der Waals surface area (Å²) in [4.78, 5) is 24.4. The lowest BCUT2D eigenvalue weighted by molar-refractivity contribution is -0.149. The molecule has 2 aromatic carbocycles. The quantitative estimate of drug-likeness (QED) is 0.521. The Labute approximate surface area is 157 Å². The van der Waals surface area contributed by atoms with E-state index in [0.29, 0.717) is 22.8 Å². The van der Waals surface area contributed by atoms with E-state index in [2.05, 4.69) is 0 Å². The Bertz CT molecular complexity index is 854. The van der Waals surface area contributed by atoms with Crippen molar-refractivity contribution in [1.82, 2.24) is 0 Å². The summed E-state index contributed by atoms with van der Waals surface area (Å²) in [5, 5.41) is 8.77. The molecule has 0 saturated carbocycles. The van der Waals surface area contributed by atoms with Gasteiger partial charge in [0.1, 0.15) is 17.2 Å². The van der Waals surface area contributed by atoms with Gasteiger partial charge in [-0.05, 0) is 49.4 Å². The van der Waals surface area contributed by atoms with Crippen LogP contribution in [0.3, 0.4) is 0 Å². The van der Waals surface area contributed by atoms with Crippen LogP contribution in [0.1, 0.15) is 22.8 Å². The van der Waals surface area contributed by atoms with Gasteiger partial charge in [-0.15, -0.1) is 0 Å². The molecule has 0 aromatic heterocycles. The van der Waals surface area contributed by atoms with E-state index in [0.717, 1.165) is 0 Å². The molecule has 0 unspecified atom stereocenters. The maximum absolute atomic E-state index is 12.4. The molecular weight excluding hydrogens is 350 g/mol. The molecule has 0 radical (unpaired) electrons. The molecule has 1 atom stereocenters. The molecule has 7 nitrogen and oxygen atoms in total. The number of methoxy groups -OCH3 is 2. The Morgan fingerprint density at radius 1 is 1.04 bits per heavy atom. The van der Waals surface area contributed by atoms with Crippen LogP contribution in [0.25, 0.3) is 0 Å². The fourth-order valence-corrected chi connectivity index (χ4v) is 2.22. The summed E-state index contributed by atoms with van der Waals surface area (Å²) in [6.45, 7) is 1.06. The fraction of sp³-hybridized carbons (Fsp3) is 0.250. The van der Waals surface area contributed by atoms with E-state index in [-0.39, 0.29) is 5.56 Å². The first-order chi connectivity index (χ1) is 13.0. The van der Waals surface area contributed by atoms with Crippen molar-refractivity contribution in [3.8, 4) is 23.3 Å². The lowest BCUT2D eigenvalue weighted by Gasteiger charge is -2.14. The summed E-state index contributed by atoms with van der Waals surface area (Å²) in [6, 6.07) is 13.1. The van der Waals surface area contributed by atoms with Gasteiger partial charge in [-0.3, -0.25) is 4.79 Å². The van der Waals surface area contributed by atoms with Crippen molar-refractivity contribution >= 4 is 11.8 Å². The predicted octanol–water partition coefficient (Wildman–Crippen LogP) is 2.77. The molecule has 0 heterocycles. The van der Waals surface area contributed by atoms with Gasteiger partial charge in [0.15, 0.2) is 12.7 Å². The van der Waals surface area contributed by atoms with Gasteiger partial charge in [0, 0.05) is 0 Å². The first-order valence-corrected chi connectivity index (χ1v) is 8.07. The lowest BCUT2D eigenvalue weighted by atomic mass is 10.1. The third-order valence-electron chi connectivity index (χ3n) is 3.68. The van der Waals surface area contributed by atoms with Crippen LogP contribution >= 0.6 is 0 Å². The lowest BCUT2D eigenvalue weighted by Crippen LogP contribution is -2.28. The van der Waals surface area contributed by atoms with Gasteiger partial charge < -0.3 is 18.9 Å². The second-order valence-corrected chi connectivity index (χ2v) is 5.49. The summed E-state index contributed by atoms with van der Waals surface area (Å²) < 4.78 is 20.8. The SMILES string of the molecule is COc1ccc(OC)c(C(=O)COC(=O)[C@H](C)Oc2ccc(C#N)cc2)c1. The maximum atomic E-state index is 12.4. The minimum absolute atomic E-state index is 0.255. The number of carbonyl (C=O) groups is 2. The Hall–Kier alpha value is -3.53. The number of nitrogens with zero attached hydrogens (tertiary/aromatic N) is 1. The highest BCUT2D eigenvalue weighted by atomic mass is 16.6. The first kappa shape index (κ1) is 19.8. The van der Waals surface area contributed by atoms with Gasteiger partial charge in [-0.1, -0.05) is 0 Å². The number of benzene rings is 2. The Morgan fingerprint density at radius 2 is 1.70 bits per heavy atom. The van der Waals surface area contributed by atoms with E-state index in [1.807, 2.05) is 6.07 Å². The second kappa shape index (κ2) is 9.25. The molecular formula is C20H19NO6. The van der Waals surface area contributed by atoms with Crippen LogP contribution in [0.5, 0.6) is 17.2 Å². The molecule has 2 rings (SSSR count). The molecule has 0 spiro atoms. The normalized spacial score (nSPS) is 11.0. The minimum Gasteiger partial charge on any atom is -0.497 e. The van der Waals surface area contributed by atoms with Crippen LogP contribution in [0.2, 0.25) is 0 Å². The third-order valence-corrected chi connectivity index (χ3v) is 3.68. The van der Waals surface area contributed by atoms with Crippen molar-refractivity contribution in [2.24, 2.45) is 0 Å². The van der Waals surface area contributed by atoms with Gasteiger partial charge in [0.05, 0.1) is 31.4 Å². The molecule has 0 aliphatic heterocycles. The van der Waals surface area contributed by atoms with Crippen LogP contribution in [0.15, 0.2) is 42.5 Å². The predicted molar refractivity (Wildman–Crippen MR) is 96.1 cm³/mol. The number of hydrogen-bond acceptors (Lipinski definition) is 7. The molecule has 0 aliphatic rings. The molecule has 0 N–H and O–H groups in total. The summed E-state index contributed by atoms with van der Waals surface area (Å²) in [7, 11) is 2.93. The standard InChI is InChI=1S/C20H19NO6/c1-13(27-15-6-4-14(11-21)5-7-15)20(23)26-12-18(22)17-10-16(24-2)8-9-19(17)25-3/h4-10,13H,12H2,1-3H3/t13-/m0/s1. The zero-order valence-electron chi connectivity index (χ0n) is 15.2. The van der Waals surface area contributed by atoms with Crippen LogP contribution < -0.4 is 14.2 Å². The van der Waals surface area contributed by atoms with Crippen molar-refractivity contribution in [3.63, 3.8) is 0 Å². The van der Waals surface area contributed by atoms with Crippen LogP contribution in [0.4, 0.5) is 0 Å². The van der Waals surface area contributed by atoms with Gasteiger partial charge in [-0.2, -0.15) is 5.26 Å². The number of ether oxygens (including phenoxy) is 4. The van der Waals surface area contributed by atoms with Gasteiger partial charge in [0.2, 0.25) is 5.78 Å². The highest BCUT2D eigenvalue weighted by Gasteiger charge is 2.20. The van der Waals surface area contributed by atoms with Crippen LogP contribution in [-0.2, 0) is 9.53 Å². The van der Waals surface area contributed by atoms with Crippen molar-refractivity contribution in [2.45, 2.75) is 13.0 Å². The zero-order valence-corrected chi connectivity index (χ0v) is 15.2. The van der Waals surface area contributed by atoms with Crippen molar-refractivity contribution in [3.05, 3.63) is 53.6 Å². The fourth-order valence-electron chi connectivity index (χ4n) is 2.22. The largest absolute Gasteiger partial charge is 0.497 e. The Balaban J connectivity index is 1.95. The van der Waals surface area contributed by atoms with E-state index in [1.54, 1.807) is 36.4 Å². The maximum Gasteiger partial charge on any atom is 0.347 e. The van der Waals surface area contributed by atoms with Crippen molar-refractivity contribution < 1.29 is 28.5 Å². The van der Waals surface area contributed by atoms with E-state index in [1.165, 1.54) is 27.2 Å². The monoisotopic (exact) mass is 369 g/mol. The van der Waals surface area contributed by atoms with E-state index in [9.17, 15) is 9.59 Å². The van der Waals surface area contributed by atoms with Crippen LogP contribution in [0, 0.1) is 11.3 Å².